The lowest BCUT2D eigenvalue weighted by Gasteiger charge is -2.34. The van der Waals surface area contributed by atoms with Gasteiger partial charge in [0.2, 0.25) is 0 Å². The Bertz CT molecular complexity index is 883. The van der Waals surface area contributed by atoms with E-state index < -0.39 is 0 Å². The third-order valence-electron chi connectivity index (χ3n) is 6.25. The molecule has 7 heteroatoms. The van der Waals surface area contributed by atoms with Crippen LogP contribution >= 0.6 is 23.2 Å². The highest BCUT2D eigenvalue weighted by Crippen LogP contribution is 2.38. The van der Waals surface area contributed by atoms with Gasteiger partial charge in [-0.15, -0.1) is 0 Å². The molecule has 1 atom stereocenters. The fraction of sp³-hybridized carbons (Fsp3) is 0.476. The zero-order valence-corrected chi connectivity index (χ0v) is 17.1. The van der Waals surface area contributed by atoms with Gasteiger partial charge in [-0.05, 0) is 56.7 Å². The standard InChI is InChI=1S/C21H23Cl2N5/c22-16-4-1-15-12-27-13-26-28(21(27)11-25-20(15)9-16)18-5-2-14(3-6-18)19-10-17(23)7-8-24-19/h7-11,13-15,18H,1-6,12H2. The molecule has 4 aliphatic rings. The van der Waals surface area contributed by atoms with Crippen LogP contribution in [0.25, 0.3) is 0 Å². The summed E-state index contributed by atoms with van der Waals surface area (Å²) in [5, 5.41) is 8.58. The minimum absolute atomic E-state index is 0.405. The van der Waals surface area contributed by atoms with E-state index in [0.717, 1.165) is 72.4 Å². The van der Waals surface area contributed by atoms with Crippen molar-refractivity contribution in [1.82, 2.24) is 14.9 Å². The van der Waals surface area contributed by atoms with Crippen molar-refractivity contribution in [1.29, 1.82) is 0 Å². The molecule has 1 aromatic heterocycles. The Morgan fingerprint density at radius 3 is 2.71 bits per heavy atom. The van der Waals surface area contributed by atoms with E-state index in [1.165, 1.54) is 0 Å². The molecule has 0 saturated heterocycles. The molecule has 28 heavy (non-hydrogen) atoms. The Balaban J connectivity index is 1.29. The third-order valence-corrected chi connectivity index (χ3v) is 6.78. The Kier molecular flexibility index (Phi) is 4.89. The summed E-state index contributed by atoms with van der Waals surface area (Å²) in [7, 11) is 0. The van der Waals surface area contributed by atoms with Crippen LogP contribution in [0.2, 0.25) is 5.02 Å². The molecular weight excluding hydrogens is 393 g/mol. The van der Waals surface area contributed by atoms with E-state index in [2.05, 4.69) is 14.9 Å². The maximum atomic E-state index is 6.23. The summed E-state index contributed by atoms with van der Waals surface area (Å²) in [6.07, 6.45) is 14.2. The molecule has 0 spiro atoms. The summed E-state index contributed by atoms with van der Waals surface area (Å²) in [6.45, 7) is 0.924. The summed E-state index contributed by atoms with van der Waals surface area (Å²) in [5.74, 6) is 2.00. The quantitative estimate of drug-likeness (QED) is 0.673. The minimum Gasteiger partial charge on any atom is -0.314 e. The Labute approximate surface area is 175 Å². The Hall–Kier alpha value is -1.85. The topological polar surface area (TPSA) is 44.1 Å². The summed E-state index contributed by atoms with van der Waals surface area (Å²) >= 11 is 12.4. The van der Waals surface area contributed by atoms with Crippen LogP contribution in [0.15, 0.2) is 51.6 Å². The zero-order valence-electron chi connectivity index (χ0n) is 15.6. The molecule has 1 aromatic rings. The van der Waals surface area contributed by atoms with Gasteiger partial charge in [0.25, 0.3) is 0 Å². The molecule has 5 rings (SSSR count). The number of nitrogens with zero attached hydrogens (tertiary/aromatic N) is 5. The molecule has 0 N–H and O–H groups in total. The number of aromatic nitrogens is 1. The normalized spacial score (nSPS) is 29.5. The van der Waals surface area contributed by atoms with Crippen molar-refractivity contribution in [3.05, 3.63) is 52.2 Å². The average Bonchev–Trinajstić information content (AvgIpc) is 3.02. The Morgan fingerprint density at radius 1 is 1.04 bits per heavy atom. The van der Waals surface area contributed by atoms with Crippen molar-refractivity contribution in [2.45, 2.75) is 50.5 Å². The largest absolute Gasteiger partial charge is 0.314 e. The summed E-state index contributed by atoms with van der Waals surface area (Å²) in [5.41, 5.74) is 2.22. The first kappa shape index (κ1) is 18.2. The van der Waals surface area contributed by atoms with Crippen LogP contribution in [-0.2, 0) is 0 Å². The van der Waals surface area contributed by atoms with Crippen molar-refractivity contribution in [2.24, 2.45) is 16.0 Å². The molecule has 5 nitrogen and oxygen atoms in total. The second-order valence-electron chi connectivity index (χ2n) is 8.00. The lowest BCUT2D eigenvalue weighted by atomic mass is 9.83. The SMILES string of the molecule is ClC1=CC2=NC=C3N(C=NN3C3CCC(c4cc(Cl)ccn4)CC3)CC2CC1. The highest BCUT2D eigenvalue weighted by Gasteiger charge is 2.35. The van der Waals surface area contributed by atoms with Crippen molar-refractivity contribution in [2.75, 3.05) is 6.54 Å². The Morgan fingerprint density at radius 2 is 1.89 bits per heavy atom. The van der Waals surface area contributed by atoms with Crippen LogP contribution in [0.3, 0.4) is 0 Å². The van der Waals surface area contributed by atoms with Crippen LogP contribution in [0.4, 0.5) is 0 Å². The molecule has 1 fully saturated rings. The van der Waals surface area contributed by atoms with Gasteiger partial charge in [0.1, 0.15) is 12.2 Å². The average molecular weight is 416 g/mol. The minimum atomic E-state index is 0.405. The number of aliphatic imine (C=N–C) groups is 1. The first-order valence-corrected chi connectivity index (χ1v) is 10.8. The molecule has 2 aliphatic heterocycles. The van der Waals surface area contributed by atoms with Crippen LogP contribution < -0.4 is 0 Å². The van der Waals surface area contributed by atoms with Gasteiger partial charge >= 0.3 is 0 Å². The molecule has 0 amide bonds. The van der Waals surface area contributed by atoms with Crippen molar-refractivity contribution >= 4 is 35.3 Å². The van der Waals surface area contributed by atoms with Gasteiger partial charge in [-0.3, -0.25) is 9.98 Å². The molecule has 0 bridgehead atoms. The number of hydrogen-bond donors (Lipinski definition) is 0. The molecule has 2 aliphatic carbocycles. The molecular formula is C21H23Cl2N5. The summed E-state index contributed by atoms with van der Waals surface area (Å²) < 4.78 is 0. The molecule has 0 aromatic carbocycles. The van der Waals surface area contributed by atoms with E-state index >= 15 is 0 Å². The summed E-state index contributed by atoms with van der Waals surface area (Å²) in [6, 6.07) is 4.25. The van der Waals surface area contributed by atoms with Crippen molar-refractivity contribution < 1.29 is 0 Å². The number of halogens is 2. The predicted octanol–water partition coefficient (Wildman–Crippen LogP) is 5.11. The fourth-order valence-corrected chi connectivity index (χ4v) is 5.08. The maximum Gasteiger partial charge on any atom is 0.149 e. The molecule has 1 unspecified atom stereocenters. The van der Waals surface area contributed by atoms with E-state index in [0.29, 0.717) is 17.9 Å². The number of hydrogen-bond acceptors (Lipinski definition) is 5. The summed E-state index contributed by atoms with van der Waals surface area (Å²) in [4.78, 5) is 11.5. The van der Waals surface area contributed by atoms with Gasteiger partial charge < -0.3 is 4.90 Å². The number of hydrazone groups is 1. The van der Waals surface area contributed by atoms with Gasteiger partial charge in [0.05, 0.1) is 12.2 Å². The van der Waals surface area contributed by atoms with Gasteiger partial charge in [-0.2, -0.15) is 5.10 Å². The van der Waals surface area contributed by atoms with Crippen molar-refractivity contribution in [3.8, 4) is 0 Å². The monoisotopic (exact) mass is 415 g/mol. The highest BCUT2D eigenvalue weighted by molar-refractivity contribution is 6.31. The van der Waals surface area contributed by atoms with E-state index in [-0.39, 0.29) is 0 Å². The number of pyridine rings is 1. The first-order valence-electron chi connectivity index (χ1n) is 10.0. The van der Waals surface area contributed by atoms with Gasteiger partial charge in [-0.1, -0.05) is 23.2 Å². The van der Waals surface area contributed by atoms with E-state index in [1.54, 1.807) is 0 Å². The van der Waals surface area contributed by atoms with E-state index in [1.807, 2.05) is 36.9 Å². The molecule has 3 heterocycles. The van der Waals surface area contributed by atoms with Gasteiger partial charge in [-0.25, -0.2) is 5.01 Å². The zero-order chi connectivity index (χ0) is 19.1. The number of rotatable bonds is 2. The van der Waals surface area contributed by atoms with Crippen LogP contribution in [-0.4, -0.2) is 39.5 Å². The molecule has 146 valence electrons. The second kappa shape index (κ2) is 7.53. The highest BCUT2D eigenvalue weighted by atomic mass is 35.5. The van der Waals surface area contributed by atoms with E-state index in [9.17, 15) is 0 Å². The third kappa shape index (κ3) is 3.46. The predicted molar refractivity (Wildman–Crippen MR) is 113 cm³/mol. The van der Waals surface area contributed by atoms with E-state index in [4.69, 9.17) is 33.3 Å². The fourth-order valence-electron chi connectivity index (χ4n) is 4.69. The maximum absolute atomic E-state index is 6.23. The van der Waals surface area contributed by atoms with Crippen LogP contribution in [0.1, 0.15) is 50.1 Å². The first-order chi connectivity index (χ1) is 13.7. The lowest BCUT2D eigenvalue weighted by molar-refractivity contribution is 0.180. The number of fused-ring (bicyclic) bond motifs is 2. The second-order valence-corrected chi connectivity index (χ2v) is 8.92. The lowest BCUT2D eigenvalue weighted by Crippen LogP contribution is -2.36. The van der Waals surface area contributed by atoms with Crippen molar-refractivity contribution in [3.63, 3.8) is 0 Å². The molecule has 0 radical (unpaired) electrons. The smallest absolute Gasteiger partial charge is 0.149 e. The molecule has 1 saturated carbocycles. The van der Waals surface area contributed by atoms with Crippen LogP contribution in [0.5, 0.6) is 0 Å². The van der Waals surface area contributed by atoms with Gasteiger partial charge in [0.15, 0.2) is 0 Å². The van der Waals surface area contributed by atoms with Crippen LogP contribution in [0, 0.1) is 5.92 Å². The van der Waals surface area contributed by atoms with Gasteiger partial charge in [0, 0.05) is 46.0 Å². The number of allylic oxidation sites excluding steroid dienone is 2.